The Hall–Kier alpha value is -1.46. The number of aliphatic hydroxyl groups is 1. The van der Waals surface area contributed by atoms with Crippen molar-refractivity contribution in [2.45, 2.75) is 32.0 Å². The lowest BCUT2D eigenvalue weighted by molar-refractivity contribution is -0.123. The van der Waals surface area contributed by atoms with Crippen LogP contribution in [0.5, 0.6) is 0 Å². The number of amides is 1. The molecule has 2 rings (SSSR count). The van der Waals surface area contributed by atoms with E-state index in [0.29, 0.717) is 19.5 Å². The molecule has 3 N–H and O–H groups in total. The number of hydrogen-bond donors (Lipinski definition) is 3. The van der Waals surface area contributed by atoms with Gasteiger partial charge < -0.3 is 15.7 Å². The van der Waals surface area contributed by atoms with E-state index in [9.17, 15) is 9.90 Å². The third-order valence-electron chi connectivity index (χ3n) is 3.02. The number of aliphatic hydroxyl groups excluding tert-OH is 1. The van der Waals surface area contributed by atoms with E-state index in [4.69, 9.17) is 0 Å². The van der Waals surface area contributed by atoms with E-state index in [1.54, 1.807) is 12.4 Å². The highest BCUT2D eigenvalue weighted by atomic mass is 16.3. The second kappa shape index (κ2) is 5.25. The molecule has 17 heavy (non-hydrogen) atoms. The SMILES string of the molecule is Cc1ccncc1CNC(=O)C1CC(O)CN1. The van der Waals surface area contributed by atoms with Gasteiger partial charge in [-0.3, -0.25) is 9.78 Å². The molecule has 0 saturated carbocycles. The van der Waals surface area contributed by atoms with Crippen molar-refractivity contribution < 1.29 is 9.90 Å². The number of aromatic nitrogens is 1. The van der Waals surface area contributed by atoms with Crippen LogP contribution in [0.1, 0.15) is 17.5 Å². The van der Waals surface area contributed by atoms with Crippen molar-refractivity contribution in [1.29, 1.82) is 0 Å². The minimum Gasteiger partial charge on any atom is -0.392 e. The van der Waals surface area contributed by atoms with Crippen LogP contribution >= 0.6 is 0 Å². The fourth-order valence-corrected chi connectivity index (χ4v) is 1.90. The van der Waals surface area contributed by atoms with Crippen LogP contribution in [0.25, 0.3) is 0 Å². The van der Waals surface area contributed by atoms with Crippen molar-refractivity contribution in [1.82, 2.24) is 15.6 Å². The molecule has 2 heterocycles. The summed E-state index contributed by atoms with van der Waals surface area (Å²) in [6.07, 6.45) is 3.56. The van der Waals surface area contributed by atoms with E-state index >= 15 is 0 Å². The predicted molar refractivity (Wildman–Crippen MR) is 63.2 cm³/mol. The lowest BCUT2D eigenvalue weighted by Gasteiger charge is -2.11. The van der Waals surface area contributed by atoms with Crippen LogP contribution < -0.4 is 10.6 Å². The van der Waals surface area contributed by atoms with E-state index in [0.717, 1.165) is 11.1 Å². The molecule has 0 bridgehead atoms. The standard InChI is InChI=1S/C12H17N3O2/c1-8-2-3-13-5-9(8)6-15-12(17)11-4-10(16)7-14-11/h2-3,5,10-11,14,16H,4,6-7H2,1H3,(H,15,17). The first kappa shape index (κ1) is 12.0. The summed E-state index contributed by atoms with van der Waals surface area (Å²) in [5.41, 5.74) is 2.12. The van der Waals surface area contributed by atoms with Crippen LogP contribution in [0.15, 0.2) is 18.5 Å². The van der Waals surface area contributed by atoms with Gasteiger partial charge in [0.05, 0.1) is 12.1 Å². The fraction of sp³-hybridized carbons (Fsp3) is 0.500. The van der Waals surface area contributed by atoms with Crippen molar-refractivity contribution >= 4 is 5.91 Å². The average Bonchev–Trinajstić information content (AvgIpc) is 2.74. The maximum absolute atomic E-state index is 11.8. The number of carbonyl (C=O) groups excluding carboxylic acids is 1. The molecule has 0 aromatic carbocycles. The largest absolute Gasteiger partial charge is 0.392 e. The predicted octanol–water partition coefficient (Wildman–Crippen LogP) is -0.271. The first-order valence-corrected chi connectivity index (χ1v) is 5.75. The van der Waals surface area contributed by atoms with Crippen molar-refractivity contribution in [3.05, 3.63) is 29.6 Å². The summed E-state index contributed by atoms with van der Waals surface area (Å²) < 4.78 is 0. The molecular formula is C12H17N3O2. The maximum Gasteiger partial charge on any atom is 0.237 e. The van der Waals surface area contributed by atoms with Crippen LogP contribution in [-0.4, -0.2) is 34.7 Å². The Labute approximate surface area is 100 Å². The Morgan fingerprint density at radius 2 is 2.53 bits per heavy atom. The Morgan fingerprint density at radius 1 is 1.71 bits per heavy atom. The van der Waals surface area contributed by atoms with Gasteiger partial charge in [0.2, 0.25) is 5.91 Å². The van der Waals surface area contributed by atoms with Gasteiger partial charge in [0, 0.05) is 25.5 Å². The average molecular weight is 235 g/mol. The molecule has 0 spiro atoms. The molecule has 0 radical (unpaired) electrons. The van der Waals surface area contributed by atoms with Gasteiger partial charge >= 0.3 is 0 Å². The van der Waals surface area contributed by atoms with Crippen molar-refractivity contribution in [2.75, 3.05) is 6.54 Å². The zero-order chi connectivity index (χ0) is 12.3. The van der Waals surface area contributed by atoms with Crippen LogP contribution in [-0.2, 0) is 11.3 Å². The zero-order valence-electron chi connectivity index (χ0n) is 9.81. The number of hydrogen-bond acceptors (Lipinski definition) is 4. The molecular weight excluding hydrogens is 218 g/mol. The van der Waals surface area contributed by atoms with Crippen molar-refractivity contribution in [3.63, 3.8) is 0 Å². The highest BCUT2D eigenvalue weighted by molar-refractivity contribution is 5.82. The number of aryl methyl sites for hydroxylation is 1. The topological polar surface area (TPSA) is 74.2 Å². The van der Waals surface area contributed by atoms with Gasteiger partial charge in [0.1, 0.15) is 0 Å². The van der Waals surface area contributed by atoms with Gasteiger partial charge in [-0.1, -0.05) is 0 Å². The molecule has 1 saturated heterocycles. The highest BCUT2D eigenvalue weighted by Crippen LogP contribution is 2.08. The summed E-state index contributed by atoms with van der Waals surface area (Å²) in [4.78, 5) is 15.8. The summed E-state index contributed by atoms with van der Waals surface area (Å²) in [5, 5.41) is 15.2. The molecule has 2 unspecified atom stereocenters. The molecule has 5 heteroatoms. The van der Waals surface area contributed by atoms with E-state index in [2.05, 4.69) is 15.6 Å². The fourth-order valence-electron chi connectivity index (χ4n) is 1.90. The molecule has 1 amide bonds. The summed E-state index contributed by atoms with van der Waals surface area (Å²) >= 11 is 0. The number of pyridine rings is 1. The molecule has 5 nitrogen and oxygen atoms in total. The first-order valence-electron chi connectivity index (χ1n) is 5.75. The highest BCUT2D eigenvalue weighted by Gasteiger charge is 2.27. The number of rotatable bonds is 3. The molecule has 92 valence electrons. The lowest BCUT2D eigenvalue weighted by atomic mass is 10.1. The second-order valence-corrected chi connectivity index (χ2v) is 4.37. The summed E-state index contributed by atoms with van der Waals surface area (Å²) in [6, 6.07) is 1.64. The van der Waals surface area contributed by atoms with Crippen molar-refractivity contribution in [2.24, 2.45) is 0 Å². The van der Waals surface area contributed by atoms with Gasteiger partial charge in [-0.25, -0.2) is 0 Å². The van der Waals surface area contributed by atoms with Gasteiger partial charge in [-0.2, -0.15) is 0 Å². The Kier molecular flexibility index (Phi) is 3.71. The molecule has 1 aromatic rings. The van der Waals surface area contributed by atoms with E-state index in [1.807, 2.05) is 13.0 Å². The maximum atomic E-state index is 11.8. The molecule has 0 aliphatic carbocycles. The van der Waals surface area contributed by atoms with E-state index in [-0.39, 0.29) is 11.9 Å². The normalized spacial score (nSPS) is 23.6. The zero-order valence-corrected chi connectivity index (χ0v) is 9.81. The van der Waals surface area contributed by atoms with Gasteiger partial charge in [0.15, 0.2) is 0 Å². The van der Waals surface area contributed by atoms with E-state index in [1.165, 1.54) is 0 Å². The van der Waals surface area contributed by atoms with E-state index < -0.39 is 6.10 Å². The van der Waals surface area contributed by atoms with Gasteiger partial charge in [-0.15, -0.1) is 0 Å². The molecule has 1 fully saturated rings. The smallest absolute Gasteiger partial charge is 0.237 e. The van der Waals surface area contributed by atoms with Crippen LogP contribution in [0.3, 0.4) is 0 Å². The van der Waals surface area contributed by atoms with Crippen molar-refractivity contribution in [3.8, 4) is 0 Å². The summed E-state index contributed by atoms with van der Waals surface area (Å²) in [6.45, 7) is 2.96. The summed E-state index contributed by atoms with van der Waals surface area (Å²) in [7, 11) is 0. The third kappa shape index (κ3) is 3.01. The minimum atomic E-state index is -0.411. The number of nitrogens with zero attached hydrogens (tertiary/aromatic N) is 1. The first-order chi connectivity index (χ1) is 8.16. The lowest BCUT2D eigenvalue weighted by Crippen LogP contribution is -2.40. The quantitative estimate of drug-likeness (QED) is 0.674. The van der Waals surface area contributed by atoms with Crippen LogP contribution in [0.4, 0.5) is 0 Å². The van der Waals surface area contributed by atoms with Gasteiger partial charge in [-0.05, 0) is 30.5 Å². The molecule has 1 aliphatic rings. The third-order valence-corrected chi connectivity index (χ3v) is 3.02. The minimum absolute atomic E-state index is 0.0650. The molecule has 1 aliphatic heterocycles. The van der Waals surface area contributed by atoms with Crippen LogP contribution in [0, 0.1) is 6.92 Å². The van der Waals surface area contributed by atoms with Crippen LogP contribution in [0.2, 0.25) is 0 Å². The van der Waals surface area contributed by atoms with Gasteiger partial charge in [0.25, 0.3) is 0 Å². The number of β-amino-alcohol motifs (C(OH)–C–C–N with tert-alkyl or cyclic N) is 1. The molecule has 1 aromatic heterocycles. The summed E-state index contributed by atoms with van der Waals surface area (Å²) in [5.74, 6) is -0.0650. The Morgan fingerprint density at radius 3 is 3.18 bits per heavy atom. The number of carbonyl (C=O) groups is 1. The Bertz CT molecular complexity index is 408. The second-order valence-electron chi connectivity index (χ2n) is 4.37. The number of nitrogens with one attached hydrogen (secondary N) is 2. The monoisotopic (exact) mass is 235 g/mol. The Balaban J connectivity index is 1.86. The molecule has 2 atom stereocenters.